The molecule has 0 N–H and O–H groups in total. The van der Waals surface area contributed by atoms with Crippen molar-refractivity contribution < 1.29 is 23.1 Å². The maximum Gasteiger partial charge on any atom is 0.313 e. The Bertz CT molecular complexity index is 741. The SMILES string of the molecule is COC(=O)C1(CCF)CCN(C(=O)c2ccc3occc3c2)C1. The maximum atomic E-state index is 12.9. The molecule has 1 saturated heterocycles. The zero-order chi connectivity index (χ0) is 16.4. The third-order valence-corrected chi connectivity index (χ3v) is 4.53. The van der Waals surface area contributed by atoms with Gasteiger partial charge >= 0.3 is 5.97 Å². The summed E-state index contributed by atoms with van der Waals surface area (Å²) in [5.74, 6) is -0.617. The lowest BCUT2D eigenvalue weighted by molar-refractivity contribution is -0.152. The lowest BCUT2D eigenvalue weighted by atomic mass is 9.84. The fourth-order valence-electron chi connectivity index (χ4n) is 3.20. The van der Waals surface area contributed by atoms with E-state index in [1.165, 1.54) is 7.11 Å². The van der Waals surface area contributed by atoms with Crippen molar-refractivity contribution in [2.45, 2.75) is 12.8 Å². The molecular formula is C17H18FNO4. The number of carbonyl (C=O) groups excluding carboxylic acids is 2. The average molecular weight is 319 g/mol. The summed E-state index contributed by atoms with van der Waals surface area (Å²) in [5, 5.41) is 0.845. The molecule has 1 fully saturated rings. The van der Waals surface area contributed by atoms with Crippen LogP contribution in [0.1, 0.15) is 23.2 Å². The molecule has 122 valence electrons. The van der Waals surface area contributed by atoms with Crippen molar-refractivity contribution in [3.8, 4) is 0 Å². The number of halogens is 1. The van der Waals surface area contributed by atoms with Crippen molar-refractivity contribution in [3.63, 3.8) is 0 Å². The first-order valence-corrected chi connectivity index (χ1v) is 7.50. The number of furan rings is 1. The highest BCUT2D eigenvalue weighted by atomic mass is 19.1. The molecule has 0 radical (unpaired) electrons. The molecule has 1 aliphatic rings. The number of hydrogen-bond acceptors (Lipinski definition) is 4. The number of hydrogen-bond donors (Lipinski definition) is 0. The van der Waals surface area contributed by atoms with E-state index in [-0.39, 0.29) is 18.9 Å². The van der Waals surface area contributed by atoms with E-state index in [1.54, 1.807) is 35.4 Å². The van der Waals surface area contributed by atoms with Crippen molar-refractivity contribution in [3.05, 3.63) is 36.1 Å². The minimum absolute atomic E-state index is 0.0736. The Kier molecular flexibility index (Phi) is 4.07. The number of carbonyl (C=O) groups is 2. The Labute approximate surface area is 133 Å². The molecule has 2 heterocycles. The van der Waals surface area contributed by atoms with E-state index in [4.69, 9.17) is 9.15 Å². The molecule has 1 aliphatic heterocycles. The summed E-state index contributed by atoms with van der Waals surface area (Å²) in [7, 11) is 1.29. The molecule has 0 aliphatic carbocycles. The Morgan fingerprint density at radius 2 is 2.22 bits per heavy atom. The normalized spacial score (nSPS) is 20.9. The van der Waals surface area contributed by atoms with Gasteiger partial charge in [0.2, 0.25) is 0 Å². The summed E-state index contributed by atoms with van der Waals surface area (Å²) >= 11 is 0. The Morgan fingerprint density at radius 3 is 2.96 bits per heavy atom. The van der Waals surface area contributed by atoms with Gasteiger partial charge in [-0.05, 0) is 37.1 Å². The number of benzene rings is 1. The van der Waals surface area contributed by atoms with Gasteiger partial charge < -0.3 is 14.1 Å². The first-order chi connectivity index (χ1) is 11.1. The molecule has 3 rings (SSSR count). The summed E-state index contributed by atoms with van der Waals surface area (Å²) in [6.07, 6.45) is 2.06. The molecule has 23 heavy (non-hydrogen) atoms. The Morgan fingerprint density at radius 1 is 1.39 bits per heavy atom. The highest BCUT2D eigenvalue weighted by molar-refractivity contribution is 5.98. The molecule has 0 bridgehead atoms. The van der Waals surface area contributed by atoms with Gasteiger partial charge in [0.05, 0.1) is 25.5 Å². The lowest BCUT2D eigenvalue weighted by Gasteiger charge is -2.25. The number of methoxy groups -OCH3 is 1. The molecule has 6 heteroatoms. The Hall–Kier alpha value is -2.37. The topological polar surface area (TPSA) is 59.8 Å². The number of ether oxygens (including phenoxy) is 1. The number of amides is 1. The molecule has 1 amide bonds. The van der Waals surface area contributed by atoms with Crippen LogP contribution in [0.3, 0.4) is 0 Å². The number of fused-ring (bicyclic) bond motifs is 1. The van der Waals surface area contributed by atoms with Crippen LogP contribution in [0, 0.1) is 5.41 Å². The van der Waals surface area contributed by atoms with Crippen molar-refractivity contribution in [2.75, 3.05) is 26.9 Å². The molecule has 5 nitrogen and oxygen atoms in total. The van der Waals surface area contributed by atoms with Crippen molar-refractivity contribution in [1.82, 2.24) is 4.90 Å². The molecule has 0 saturated carbocycles. The summed E-state index contributed by atoms with van der Waals surface area (Å²) in [6, 6.07) is 6.99. The third kappa shape index (κ3) is 2.69. The van der Waals surface area contributed by atoms with Crippen LogP contribution in [0.15, 0.2) is 34.9 Å². The highest BCUT2D eigenvalue weighted by Crippen LogP contribution is 2.36. The van der Waals surface area contributed by atoms with Crippen molar-refractivity contribution in [1.29, 1.82) is 0 Å². The molecule has 1 unspecified atom stereocenters. The van der Waals surface area contributed by atoms with Gasteiger partial charge in [0, 0.05) is 24.0 Å². The second-order valence-electron chi connectivity index (χ2n) is 5.86. The standard InChI is InChI=1S/C17H18FNO4/c1-22-16(21)17(5-7-18)6-8-19(11-17)15(20)13-2-3-14-12(10-13)4-9-23-14/h2-4,9-10H,5-8,11H2,1H3. The van der Waals surface area contributed by atoms with Gasteiger partial charge in [0.1, 0.15) is 5.58 Å². The molecule has 0 spiro atoms. The van der Waals surface area contributed by atoms with Crippen LogP contribution in [-0.4, -0.2) is 43.7 Å². The van der Waals surface area contributed by atoms with Gasteiger partial charge in [0.15, 0.2) is 0 Å². The van der Waals surface area contributed by atoms with Gasteiger partial charge in [-0.25, -0.2) is 0 Å². The van der Waals surface area contributed by atoms with Crippen LogP contribution in [0.25, 0.3) is 11.0 Å². The zero-order valence-electron chi connectivity index (χ0n) is 12.9. The summed E-state index contributed by atoms with van der Waals surface area (Å²) in [6.45, 7) is -0.0126. The van der Waals surface area contributed by atoms with Crippen LogP contribution >= 0.6 is 0 Å². The van der Waals surface area contributed by atoms with Crippen LogP contribution in [0.4, 0.5) is 4.39 Å². The minimum atomic E-state index is -0.932. The van der Waals surface area contributed by atoms with Crippen LogP contribution in [0.5, 0.6) is 0 Å². The molecule has 1 aromatic carbocycles. The van der Waals surface area contributed by atoms with Crippen LogP contribution in [-0.2, 0) is 9.53 Å². The average Bonchev–Trinajstić information content (AvgIpc) is 3.20. The minimum Gasteiger partial charge on any atom is -0.469 e. The van der Waals surface area contributed by atoms with Gasteiger partial charge in [-0.15, -0.1) is 0 Å². The van der Waals surface area contributed by atoms with Crippen LogP contribution in [0.2, 0.25) is 0 Å². The predicted octanol–water partition coefficient (Wildman–Crippen LogP) is 2.80. The number of alkyl halides is 1. The highest BCUT2D eigenvalue weighted by Gasteiger charge is 2.46. The zero-order valence-corrected chi connectivity index (χ0v) is 12.9. The summed E-state index contributed by atoms with van der Waals surface area (Å²) in [5.41, 5.74) is 0.308. The quantitative estimate of drug-likeness (QED) is 0.813. The van der Waals surface area contributed by atoms with Gasteiger partial charge in [0.25, 0.3) is 5.91 Å². The van der Waals surface area contributed by atoms with E-state index in [2.05, 4.69) is 0 Å². The fourth-order valence-corrected chi connectivity index (χ4v) is 3.20. The number of rotatable bonds is 4. The Balaban J connectivity index is 1.81. The van der Waals surface area contributed by atoms with E-state index in [1.807, 2.05) is 0 Å². The van der Waals surface area contributed by atoms with Crippen molar-refractivity contribution in [2.24, 2.45) is 5.41 Å². The monoisotopic (exact) mass is 319 g/mol. The van der Waals surface area contributed by atoms with Crippen LogP contribution < -0.4 is 0 Å². The number of esters is 1. The van der Waals surface area contributed by atoms with E-state index in [0.29, 0.717) is 24.1 Å². The number of likely N-dealkylation sites (tertiary alicyclic amines) is 1. The molecule has 1 aromatic heterocycles. The third-order valence-electron chi connectivity index (χ3n) is 4.53. The first kappa shape index (κ1) is 15.5. The number of nitrogens with zero attached hydrogens (tertiary/aromatic N) is 1. The smallest absolute Gasteiger partial charge is 0.313 e. The fraction of sp³-hybridized carbons (Fsp3) is 0.412. The molecule has 1 atom stereocenters. The van der Waals surface area contributed by atoms with E-state index >= 15 is 0 Å². The van der Waals surface area contributed by atoms with Gasteiger partial charge in [-0.1, -0.05) is 0 Å². The van der Waals surface area contributed by atoms with Gasteiger partial charge in [-0.2, -0.15) is 0 Å². The van der Waals surface area contributed by atoms with Gasteiger partial charge in [-0.3, -0.25) is 14.0 Å². The first-order valence-electron chi connectivity index (χ1n) is 7.50. The molecule has 2 aromatic rings. The van der Waals surface area contributed by atoms with E-state index < -0.39 is 18.1 Å². The second kappa shape index (κ2) is 6.02. The molecular weight excluding hydrogens is 301 g/mol. The van der Waals surface area contributed by atoms with Crippen molar-refractivity contribution >= 4 is 22.8 Å². The second-order valence-corrected chi connectivity index (χ2v) is 5.86. The summed E-state index contributed by atoms with van der Waals surface area (Å²) < 4.78 is 22.9. The largest absolute Gasteiger partial charge is 0.469 e. The van der Waals surface area contributed by atoms with E-state index in [9.17, 15) is 14.0 Å². The maximum absolute atomic E-state index is 12.9. The van der Waals surface area contributed by atoms with E-state index in [0.717, 1.165) is 5.39 Å². The summed E-state index contributed by atoms with van der Waals surface area (Å²) in [4.78, 5) is 26.3. The lowest BCUT2D eigenvalue weighted by Crippen LogP contribution is -2.38. The predicted molar refractivity (Wildman–Crippen MR) is 81.8 cm³/mol.